The second-order valence-corrected chi connectivity index (χ2v) is 6.57. The molecular weight excluding hydrogens is 320 g/mol. The van der Waals surface area contributed by atoms with Crippen molar-refractivity contribution in [3.05, 3.63) is 29.6 Å². The second kappa shape index (κ2) is 6.62. The maximum absolute atomic E-state index is 13.3. The zero-order chi connectivity index (χ0) is 15.5. The molecule has 112 valence electrons. The normalized spacial score (nSPS) is 12.8. The topological polar surface area (TPSA) is 69.7 Å². The summed E-state index contributed by atoms with van der Waals surface area (Å²) in [5.41, 5.74) is 0. The van der Waals surface area contributed by atoms with Crippen LogP contribution in [-0.2, 0) is 23.4 Å². The molecule has 0 heterocycles. The fraction of sp³-hybridized carbons (Fsp3) is 0.400. The molecule has 1 aromatic rings. The third-order valence-electron chi connectivity index (χ3n) is 1.85. The Morgan fingerprint density at radius 1 is 1.20 bits per heavy atom. The van der Waals surface area contributed by atoms with E-state index in [9.17, 15) is 26.2 Å². The molecule has 0 N–H and O–H groups in total. The molecule has 20 heavy (non-hydrogen) atoms. The third kappa shape index (κ3) is 4.52. The first kappa shape index (κ1) is 17.0. The van der Waals surface area contributed by atoms with Gasteiger partial charge in [-0.2, -0.15) is 8.42 Å². The summed E-state index contributed by atoms with van der Waals surface area (Å²) in [6, 6.07) is 0.397. The monoisotopic (exact) mass is 331 g/mol. The van der Waals surface area contributed by atoms with Crippen LogP contribution < -0.4 is 0 Å². The largest absolute Gasteiger partial charge is 0.538 e. The van der Waals surface area contributed by atoms with Gasteiger partial charge in [0, 0.05) is 12.1 Å². The van der Waals surface area contributed by atoms with Gasteiger partial charge in [0.2, 0.25) is 0 Å². The minimum absolute atomic E-state index is 0.198. The van der Waals surface area contributed by atoms with Gasteiger partial charge in [-0.25, -0.2) is 17.4 Å². The highest BCUT2D eigenvalue weighted by atomic mass is 32.2. The van der Waals surface area contributed by atoms with E-state index in [4.69, 9.17) is 4.52 Å². The Morgan fingerprint density at radius 2 is 1.70 bits per heavy atom. The molecule has 1 aromatic carbocycles. The SMILES string of the molecule is CC(C)O[P+](=O)COS(=O)(=O)c1c(F)cc(F)cc1F. The number of hydrogen-bond donors (Lipinski definition) is 0. The first-order chi connectivity index (χ1) is 9.13. The summed E-state index contributed by atoms with van der Waals surface area (Å²) in [5.74, 6) is -4.54. The van der Waals surface area contributed by atoms with Gasteiger partial charge in [-0.1, -0.05) is 0 Å². The highest BCUT2D eigenvalue weighted by Gasteiger charge is 2.31. The van der Waals surface area contributed by atoms with E-state index in [0.29, 0.717) is 0 Å². The maximum Gasteiger partial charge on any atom is 0.538 e. The molecule has 0 saturated heterocycles. The van der Waals surface area contributed by atoms with Crippen LogP contribution in [0.2, 0.25) is 0 Å². The molecule has 0 bridgehead atoms. The second-order valence-electron chi connectivity index (χ2n) is 3.89. The van der Waals surface area contributed by atoms with E-state index >= 15 is 0 Å². The van der Waals surface area contributed by atoms with Crippen LogP contribution in [0.25, 0.3) is 0 Å². The highest BCUT2D eigenvalue weighted by molar-refractivity contribution is 7.87. The van der Waals surface area contributed by atoms with E-state index in [0.717, 1.165) is 0 Å². The van der Waals surface area contributed by atoms with Gasteiger partial charge >= 0.3 is 18.1 Å². The Labute approximate surface area is 114 Å². The standard InChI is InChI=1S/C10H11F3O5PS/c1-6(2)18-19(14)5-17-20(15,16)10-8(12)3-7(11)4-9(10)13/h3-4,6H,5H2,1-2H3/q+1. The first-order valence-corrected chi connectivity index (χ1v) is 8.06. The zero-order valence-electron chi connectivity index (χ0n) is 10.5. The predicted octanol–water partition coefficient (Wildman–Crippen LogP) is 2.93. The van der Waals surface area contributed by atoms with E-state index in [1.807, 2.05) is 0 Å². The average Bonchev–Trinajstić information content (AvgIpc) is 2.23. The molecule has 10 heteroatoms. The molecule has 0 radical (unpaired) electrons. The molecule has 0 amide bonds. The molecule has 1 rings (SSSR count). The Bertz CT molecular complexity index is 594. The van der Waals surface area contributed by atoms with Crippen LogP contribution in [0, 0.1) is 17.5 Å². The quantitative estimate of drug-likeness (QED) is 0.592. The molecule has 0 spiro atoms. The minimum atomic E-state index is -4.85. The van der Waals surface area contributed by atoms with Crippen LogP contribution in [0.5, 0.6) is 0 Å². The molecule has 0 aromatic heterocycles. The van der Waals surface area contributed by atoms with Crippen LogP contribution in [0.4, 0.5) is 13.2 Å². The Kier molecular flexibility index (Phi) is 5.64. The summed E-state index contributed by atoms with van der Waals surface area (Å²) in [5, 5.41) is 0. The Morgan fingerprint density at radius 3 is 2.15 bits per heavy atom. The van der Waals surface area contributed by atoms with Crippen molar-refractivity contribution in [2.45, 2.75) is 24.8 Å². The molecule has 0 aliphatic carbocycles. The third-order valence-corrected chi connectivity index (χ3v) is 4.34. The van der Waals surface area contributed by atoms with Crippen LogP contribution in [0.15, 0.2) is 17.0 Å². The molecular formula is C10H11F3O5PS+. The van der Waals surface area contributed by atoms with Crippen molar-refractivity contribution in [3.8, 4) is 0 Å². The van der Waals surface area contributed by atoms with Gasteiger partial charge in [0.25, 0.3) is 6.35 Å². The molecule has 0 saturated carbocycles. The maximum atomic E-state index is 13.3. The van der Waals surface area contributed by atoms with Gasteiger partial charge in [-0.15, -0.1) is 4.52 Å². The lowest BCUT2D eigenvalue weighted by molar-refractivity contribution is 0.240. The van der Waals surface area contributed by atoms with Gasteiger partial charge in [-0.3, -0.25) is 0 Å². The summed E-state index contributed by atoms with van der Waals surface area (Å²) in [4.78, 5) is -1.44. The van der Waals surface area contributed by atoms with Crippen molar-refractivity contribution in [1.29, 1.82) is 0 Å². The van der Waals surface area contributed by atoms with Crippen molar-refractivity contribution in [1.82, 2.24) is 0 Å². The minimum Gasteiger partial charge on any atom is -0.213 e. The van der Waals surface area contributed by atoms with Gasteiger partial charge in [0.15, 0.2) is 4.90 Å². The number of hydrogen-bond acceptors (Lipinski definition) is 5. The number of rotatable bonds is 6. The van der Waals surface area contributed by atoms with E-state index in [-0.39, 0.29) is 12.1 Å². The number of benzene rings is 1. The van der Waals surface area contributed by atoms with Crippen molar-refractivity contribution in [2.75, 3.05) is 6.35 Å². The first-order valence-electron chi connectivity index (χ1n) is 5.29. The van der Waals surface area contributed by atoms with E-state index in [2.05, 4.69) is 4.18 Å². The molecule has 0 aliphatic heterocycles. The zero-order valence-corrected chi connectivity index (χ0v) is 12.2. The smallest absolute Gasteiger partial charge is 0.213 e. The fourth-order valence-electron chi connectivity index (χ4n) is 1.20. The Balaban J connectivity index is 2.93. The lowest BCUT2D eigenvalue weighted by atomic mass is 10.3. The summed E-state index contributed by atoms with van der Waals surface area (Å²) >= 11 is 0. The van der Waals surface area contributed by atoms with Crippen LogP contribution in [0.3, 0.4) is 0 Å². The predicted molar refractivity (Wildman–Crippen MR) is 63.3 cm³/mol. The molecule has 5 nitrogen and oxygen atoms in total. The summed E-state index contributed by atoms with van der Waals surface area (Å²) in [6.07, 6.45) is -1.34. The van der Waals surface area contributed by atoms with Crippen LogP contribution in [-0.4, -0.2) is 20.9 Å². The van der Waals surface area contributed by atoms with E-state index < -0.39 is 52.9 Å². The van der Waals surface area contributed by atoms with Crippen molar-refractivity contribution < 1.29 is 34.9 Å². The Hall–Kier alpha value is -1.02. The van der Waals surface area contributed by atoms with Gasteiger partial charge in [-0.05, 0) is 18.4 Å². The summed E-state index contributed by atoms with van der Waals surface area (Å²) in [6.45, 7) is 3.11. The lowest BCUT2D eigenvalue weighted by Gasteiger charge is -2.04. The average molecular weight is 331 g/mol. The summed E-state index contributed by atoms with van der Waals surface area (Å²) < 4.78 is 82.6. The highest BCUT2D eigenvalue weighted by Crippen LogP contribution is 2.28. The van der Waals surface area contributed by atoms with Crippen LogP contribution >= 0.6 is 8.03 Å². The van der Waals surface area contributed by atoms with E-state index in [1.54, 1.807) is 13.8 Å². The van der Waals surface area contributed by atoms with E-state index in [1.165, 1.54) is 0 Å². The number of halogens is 3. The molecule has 0 aliphatic rings. The van der Waals surface area contributed by atoms with Gasteiger partial charge in [0.1, 0.15) is 23.6 Å². The fourth-order valence-corrected chi connectivity index (χ4v) is 3.35. The van der Waals surface area contributed by atoms with Crippen LogP contribution in [0.1, 0.15) is 13.8 Å². The van der Waals surface area contributed by atoms with Gasteiger partial charge < -0.3 is 0 Å². The molecule has 1 unspecified atom stereocenters. The lowest BCUT2D eigenvalue weighted by Crippen LogP contribution is -2.12. The van der Waals surface area contributed by atoms with Crippen molar-refractivity contribution >= 4 is 18.1 Å². The van der Waals surface area contributed by atoms with Crippen molar-refractivity contribution in [2.24, 2.45) is 0 Å². The molecule has 1 atom stereocenters. The van der Waals surface area contributed by atoms with Gasteiger partial charge in [0.05, 0.1) is 0 Å². The summed E-state index contributed by atoms with van der Waals surface area (Å²) in [7, 11) is -7.32. The van der Waals surface area contributed by atoms with Crippen molar-refractivity contribution in [3.63, 3.8) is 0 Å². The molecule has 0 fully saturated rings.